The van der Waals surface area contributed by atoms with Gasteiger partial charge in [-0.2, -0.15) is 0 Å². The molecule has 0 radical (unpaired) electrons. The second-order valence-corrected chi connectivity index (χ2v) is 9.79. The van der Waals surface area contributed by atoms with Gasteiger partial charge < -0.3 is 9.47 Å². The molecule has 6 heteroatoms. The standard InChI is InChI=1S/C20H27NO4S/c1-15-6-8-18(9-7-15)26(22,23)21(5)16(2)17-10-11-20(12-17)13-24-19(3,4)25-14-20/h6-10H,2,11-14H2,1,3-5H3. The van der Waals surface area contributed by atoms with Crippen molar-refractivity contribution >= 4 is 10.0 Å². The Morgan fingerprint density at radius 2 is 1.73 bits per heavy atom. The lowest BCUT2D eigenvalue weighted by atomic mass is 9.85. The summed E-state index contributed by atoms with van der Waals surface area (Å²) in [6.07, 6.45) is 3.57. The van der Waals surface area contributed by atoms with Crippen molar-refractivity contribution in [1.29, 1.82) is 0 Å². The summed E-state index contributed by atoms with van der Waals surface area (Å²) in [5.74, 6) is -0.559. The second-order valence-electron chi connectivity index (χ2n) is 7.82. The zero-order valence-corrected chi connectivity index (χ0v) is 16.7. The summed E-state index contributed by atoms with van der Waals surface area (Å²) in [7, 11) is -2.07. The number of allylic oxidation sites excluding steroid dienone is 2. The molecule has 26 heavy (non-hydrogen) atoms. The van der Waals surface area contributed by atoms with Crippen molar-refractivity contribution < 1.29 is 17.9 Å². The number of hydrogen-bond donors (Lipinski definition) is 0. The largest absolute Gasteiger partial charge is 0.350 e. The van der Waals surface area contributed by atoms with Crippen LogP contribution in [0, 0.1) is 12.3 Å². The van der Waals surface area contributed by atoms with Crippen LogP contribution in [0.3, 0.4) is 0 Å². The Morgan fingerprint density at radius 3 is 2.31 bits per heavy atom. The van der Waals surface area contributed by atoms with Crippen molar-refractivity contribution in [3.63, 3.8) is 0 Å². The molecule has 1 heterocycles. The van der Waals surface area contributed by atoms with E-state index in [9.17, 15) is 8.42 Å². The van der Waals surface area contributed by atoms with E-state index in [-0.39, 0.29) is 10.3 Å². The third-order valence-electron chi connectivity index (χ3n) is 5.23. The molecular weight excluding hydrogens is 350 g/mol. The molecule has 0 N–H and O–H groups in total. The van der Waals surface area contributed by atoms with Gasteiger partial charge in [0.25, 0.3) is 10.0 Å². The predicted octanol–water partition coefficient (Wildman–Crippen LogP) is 3.62. The maximum Gasteiger partial charge on any atom is 0.264 e. The van der Waals surface area contributed by atoms with E-state index in [1.165, 1.54) is 4.31 Å². The molecule has 0 bridgehead atoms. The van der Waals surface area contributed by atoms with Gasteiger partial charge in [-0.1, -0.05) is 30.4 Å². The van der Waals surface area contributed by atoms with Crippen LogP contribution in [0.2, 0.25) is 0 Å². The fraction of sp³-hybridized carbons (Fsp3) is 0.500. The molecule has 0 amide bonds. The summed E-state index contributed by atoms with van der Waals surface area (Å²) < 4.78 is 38.7. The molecule has 1 fully saturated rings. The lowest BCUT2D eigenvalue weighted by molar-refractivity contribution is -0.283. The van der Waals surface area contributed by atoms with Gasteiger partial charge in [0.2, 0.25) is 0 Å². The molecule has 1 aromatic carbocycles. The molecule has 1 aliphatic heterocycles. The van der Waals surface area contributed by atoms with E-state index >= 15 is 0 Å². The summed E-state index contributed by atoms with van der Waals surface area (Å²) in [5.41, 5.74) is 2.34. The van der Waals surface area contributed by atoms with Crippen LogP contribution >= 0.6 is 0 Å². The number of rotatable bonds is 4. The molecule has 0 atom stereocenters. The highest BCUT2D eigenvalue weighted by Gasteiger charge is 2.43. The first-order chi connectivity index (χ1) is 12.0. The summed E-state index contributed by atoms with van der Waals surface area (Å²) in [4.78, 5) is 0.270. The number of aryl methyl sites for hydroxylation is 1. The molecular formula is C20H27NO4S. The van der Waals surface area contributed by atoms with Gasteiger partial charge in [-0.15, -0.1) is 0 Å². The van der Waals surface area contributed by atoms with Crippen molar-refractivity contribution in [3.8, 4) is 0 Å². The number of benzene rings is 1. The number of hydrogen-bond acceptors (Lipinski definition) is 4. The molecule has 3 rings (SSSR count). The van der Waals surface area contributed by atoms with Gasteiger partial charge in [-0.25, -0.2) is 8.42 Å². The van der Waals surface area contributed by atoms with Gasteiger partial charge >= 0.3 is 0 Å². The minimum absolute atomic E-state index is 0.123. The summed E-state index contributed by atoms with van der Waals surface area (Å²) >= 11 is 0. The van der Waals surface area contributed by atoms with Crippen LogP contribution in [0.5, 0.6) is 0 Å². The Morgan fingerprint density at radius 1 is 1.15 bits per heavy atom. The van der Waals surface area contributed by atoms with E-state index in [0.717, 1.165) is 17.6 Å². The first-order valence-corrected chi connectivity index (χ1v) is 10.2. The van der Waals surface area contributed by atoms with Crippen molar-refractivity contribution in [2.75, 3.05) is 20.3 Å². The fourth-order valence-corrected chi connectivity index (χ4v) is 4.48. The average molecular weight is 378 g/mol. The van der Waals surface area contributed by atoms with Crippen LogP contribution in [0.25, 0.3) is 0 Å². The molecule has 0 aromatic heterocycles. The van der Waals surface area contributed by atoms with Crippen molar-refractivity contribution in [3.05, 3.63) is 53.8 Å². The monoisotopic (exact) mass is 377 g/mol. The molecule has 1 aliphatic carbocycles. The van der Waals surface area contributed by atoms with Crippen molar-refractivity contribution in [2.45, 2.75) is 44.3 Å². The highest BCUT2D eigenvalue weighted by atomic mass is 32.2. The Labute approximate surface area is 156 Å². The topological polar surface area (TPSA) is 55.8 Å². The maximum atomic E-state index is 12.9. The van der Waals surface area contributed by atoms with E-state index in [1.807, 2.05) is 20.8 Å². The minimum atomic E-state index is -3.62. The third kappa shape index (κ3) is 3.59. The van der Waals surface area contributed by atoms with Crippen LogP contribution < -0.4 is 0 Å². The van der Waals surface area contributed by atoms with Crippen LogP contribution in [-0.4, -0.2) is 38.8 Å². The second kappa shape index (κ2) is 6.51. The molecule has 0 unspecified atom stereocenters. The van der Waals surface area contributed by atoms with E-state index < -0.39 is 15.8 Å². The van der Waals surface area contributed by atoms with Crippen LogP contribution in [-0.2, 0) is 19.5 Å². The predicted molar refractivity (Wildman–Crippen MR) is 101 cm³/mol. The Kier molecular flexibility index (Phi) is 4.80. The van der Waals surface area contributed by atoms with Gasteiger partial charge in [0.05, 0.1) is 18.1 Å². The van der Waals surface area contributed by atoms with E-state index in [4.69, 9.17) is 9.47 Å². The average Bonchev–Trinajstić information content (AvgIpc) is 3.01. The first kappa shape index (κ1) is 19.1. The smallest absolute Gasteiger partial charge is 0.264 e. The van der Waals surface area contributed by atoms with E-state index in [2.05, 4.69) is 12.7 Å². The van der Waals surface area contributed by atoms with Crippen LogP contribution in [0.15, 0.2) is 53.1 Å². The Hall–Kier alpha value is -1.63. The summed E-state index contributed by atoms with van der Waals surface area (Å²) in [6, 6.07) is 6.85. The lowest BCUT2D eigenvalue weighted by Crippen LogP contribution is -2.45. The summed E-state index contributed by atoms with van der Waals surface area (Å²) in [5, 5.41) is 0. The zero-order valence-electron chi connectivity index (χ0n) is 15.9. The van der Waals surface area contributed by atoms with Gasteiger partial charge in [0.15, 0.2) is 5.79 Å². The SMILES string of the molecule is C=C(C1=CCC2(COC(C)(C)OC2)C1)N(C)S(=O)(=O)c1ccc(C)cc1. The van der Waals surface area contributed by atoms with Crippen molar-refractivity contribution in [2.24, 2.45) is 5.41 Å². The normalized spacial score (nSPS) is 21.5. The number of likely N-dealkylation sites (N-methyl/N-ethyl adjacent to an activating group) is 1. The van der Waals surface area contributed by atoms with E-state index in [0.29, 0.717) is 25.3 Å². The number of sulfonamides is 1. The first-order valence-electron chi connectivity index (χ1n) is 8.77. The van der Waals surface area contributed by atoms with Gasteiger partial charge in [-0.3, -0.25) is 4.31 Å². The molecule has 1 spiro atoms. The third-order valence-corrected chi connectivity index (χ3v) is 7.04. The van der Waals surface area contributed by atoms with Gasteiger partial charge in [-0.05, 0) is 51.3 Å². The number of ether oxygens (including phenoxy) is 2. The van der Waals surface area contributed by atoms with Crippen LogP contribution in [0.4, 0.5) is 0 Å². The number of nitrogens with zero attached hydrogens (tertiary/aromatic N) is 1. The Balaban J connectivity index is 1.73. The Bertz CT molecular complexity index is 827. The molecule has 1 saturated heterocycles. The zero-order chi connectivity index (χ0) is 19.2. The lowest BCUT2D eigenvalue weighted by Gasteiger charge is -2.41. The highest BCUT2D eigenvalue weighted by molar-refractivity contribution is 7.89. The molecule has 0 saturated carbocycles. The van der Waals surface area contributed by atoms with Gasteiger partial charge in [0.1, 0.15) is 0 Å². The van der Waals surface area contributed by atoms with Gasteiger partial charge in [0, 0.05) is 18.2 Å². The molecule has 2 aliphatic rings. The maximum absolute atomic E-state index is 12.9. The summed E-state index contributed by atoms with van der Waals surface area (Å²) in [6.45, 7) is 11.0. The van der Waals surface area contributed by atoms with E-state index in [1.54, 1.807) is 31.3 Å². The van der Waals surface area contributed by atoms with Crippen LogP contribution in [0.1, 0.15) is 32.3 Å². The molecule has 5 nitrogen and oxygen atoms in total. The quantitative estimate of drug-likeness (QED) is 0.804. The highest BCUT2D eigenvalue weighted by Crippen LogP contribution is 2.45. The minimum Gasteiger partial charge on any atom is -0.350 e. The fourth-order valence-electron chi connectivity index (χ4n) is 3.28. The van der Waals surface area contributed by atoms with Crippen molar-refractivity contribution in [1.82, 2.24) is 4.31 Å². The molecule has 142 valence electrons. The molecule has 1 aromatic rings.